The van der Waals surface area contributed by atoms with E-state index in [1.165, 1.54) is 0 Å². The molecule has 2 fully saturated rings. The zero-order valence-corrected chi connectivity index (χ0v) is 12.6. The number of ether oxygens (including phenoxy) is 2. The lowest BCUT2D eigenvalue weighted by molar-refractivity contribution is -0.302. The summed E-state index contributed by atoms with van der Waals surface area (Å²) in [4.78, 5) is 15.0. The van der Waals surface area contributed by atoms with Gasteiger partial charge in [0.15, 0.2) is 5.79 Å². The molecule has 2 aliphatic rings. The highest BCUT2D eigenvalue weighted by molar-refractivity contribution is 7.10. The van der Waals surface area contributed by atoms with Crippen LogP contribution in [-0.4, -0.2) is 42.9 Å². The third-order valence-corrected chi connectivity index (χ3v) is 4.59. The topological polar surface area (TPSA) is 38.8 Å². The Morgan fingerprint density at radius 3 is 2.65 bits per heavy atom. The van der Waals surface area contributed by atoms with Gasteiger partial charge in [-0.15, -0.1) is 11.3 Å². The molecule has 20 heavy (non-hydrogen) atoms. The average Bonchev–Trinajstić information content (AvgIpc) is 2.87. The molecule has 1 aromatic rings. The van der Waals surface area contributed by atoms with Gasteiger partial charge in [-0.25, -0.2) is 0 Å². The van der Waals surface area contributed by atoms with Crippen LogP contribution in [0, 0.1) is 5.41 Å². The van der Waals surface area contributed by atoms with Crippen molar-refractivity contribution in [2.75, 3.05) is 26.3 Å². The minimum Gasteiger partial charge on any atom is -0.350 e. The summed E-state index contributed by atoms with van der Waals surface area (Å²) >= 11 is 1.63. The van der Waals surface area contributed by atoms with Crippen LogP contribution in [0.5, 0.6) is 0 Å². The Hall–Kier alpha value is -1.17. The quantitative estimate of drug-likeness (QED) is 0.786. The number of hydrogen-bond donors (Lipinski definition) is 0. The van der Waals surface area contributed by atoms with Crippen LogP contribution in [0.15, 0.2) is 23.6 Å². The van der Waals surface area contributed by atoms with Crippen molar-refractivity contribution in [2.24, 2.45) is 5.41 Å². The second-order valence-corrected chi connectivity index (χ2v) is 7.00. The van der Waals surface area contributed by atoms with E-state index in [-0.39, 0.29) is 11.3 Å². The van der Waals surface area contributed by atoms with Crippen LogP contribution in [0.4, 0.5) is 0 Å². The Kier molecular flexibility index (Phi) is 3.44. The van der Waals surface area contributed by atoms with E-state index in [9.17, 15) is 4.79 Å². The second kappa shape index (κ2) is 4.98. The molecule has 3 rings (SSSR count). The van der Waals surface area contributed by atoms with Crippen molar-refractivity contribution < 1.29 is 14.3 Å². The molecule has 2 aliphatic heterocycles. The molecule has 1 amide bonds. The monoisotopic (exact) mass is 293 g/mol. The average molecular weight is 293 g/mol. The molecule has 1 aromatic heterocycles. The summed E-state index contributed by atoms with van der Waals surface area (Å²) in [5.41, 5.74) is 0.00194. The van der Waals surface area contributed by atoms with Crippen molar-refractivity contribution in [1.29, 1.82) is 0 Å². The number of carbonyl (C=O) groups excluding carboxylic acids is 1. The SMILES string of the molecule is CC1(C)OCC2(CO1)CN(C(=O)/C=C/c1cccs1)C2. The molecule has 0 unspecified atom stereocenters. The smallest absolute Gasteiger partial charge is 0.246 e. The van der Waals surface area contributed by atoms with E-state index in [0.717, 1.165) is 18.0 Å². The van der Waals surface area contributed by atoms with Crippen LogP contribution in [0.2, 0.25) is 0 Å². The fraction of sp³-hybridized carbons (Fsp3) is 0.533. The number of rotatable bonds is 2. The van der Waals surface area contributed by atoms with Crippen LogP contribution < -0.4 is 0 Å². The normalized spacial score (nSPS) is 24.0. The molecule has 108 valence electrons. The molecule has 4 nitrogen and oxygen atoms in total. The molecule has 0 aliphatic carbocycles. The minimum absolute atomic E-state index is 0.00194. The predicted molar refractivity (Wildman–Crippen MR) is 78.3 cm³/mol. The largest absolute Gasteiger partial charge is 0.350 e. The van der Waals surface area contributed by atoms with Gasteiger partial charge in [-0.3, -0.25) is 4.79 Å². The molecule has 0 bridgehead atoms. The fourth-order valence-corrected chi connectivity index (χ4v) is 3.10. The van der Waals surface area contributed by atoms with Crippen molar-refractivity contribution in [3.63, 3.8) is 0 Å². The van der Waals surface area contributed by atoms with E-state index in [4.69, 9.17) is 9.47 Å². The molecular formula is C15H19NO3S. The number of hydrogen-bond acceptors (Lipinski definition) is 4. The maximum Gasteiger partial charge on any atom is 0.246 e. The van der Waals surface area contributed by atoms with Crippen molar-refractivity contribution in [2.45, 2.75) is 19.6 Å². The van der Waals surface area contributed by atoms with E-state index in [1.54, 1.807) is 17.4 Å². The Balaban J connectivity index is 1.52. The first-order valence-electron chi connectivity index (χ1n) is 6.77. The van der Waals surface area contributed by atoms with Crippen LogP contribution in [0.25, 0.3) is 6.08 Å². The van der Waals surface area contributed by atoms with Crippen LogP contribution in [0.1, 0.15) is 18.7 Å². The Bertz CT molecular complexity index is 503. The maximum absolute atomic E-state index is 12.0. The fourth-order valence-electron chi connectivity index (χ4n) is 2.48. The van der Waals surface area contributed by atoms with Gasteiger partial charge in [-0.2, -0.15) is 0 Å². The first-order valence-corrected chi connectivity index (χ1v) is 7.65. The number of amides is 1. The highest BCUT2D eigenvalue weighted by atomic mass is 32.1. The predicted octanol–water partition coefficient (Wildman–Crippen LogP) is 2.37. The summed E-state index contributed by atoms with van der Waals surface area (Å²) < 4.78 is 11.4. The van der Waals surface area contributed by atoms with E-state index >= 15 is 0 Å². The van der Waals surface area contributed by atoms with Crippen LogP contribution >= 0.6 is 11.3 Å². The van der Waals surface area contributed by atoms with E-state index in [1.807, 2.05) is 42.3 Å². The van der Waals surface area contributed by atoms with Gasteiger partial charge >= 0.3 is 0 Å². The molecule has 0 radical (unpaired) electrons. The lowest BCUT2D eigenvalue weighted by Gasteiger charge is -2.53. The summed E-state index contributed by atoms with van der Waals surface area (Å²) in [7, 11) is 0. The summed E-state index contributed by atoms with van der Waals surface area (Å²) in [6.07, 6.45) is 3.52. The number of nitrogens with zero attached hydrogens (tertiary/aromatic N) is 1. The van der Waals surface area contributed by atoms with E-state index in [0.29, 0.717) is 13.2 Å². The summed E-state index contributed by atoms with van der Waals surface area (Å²) in [6.45, 7) is 6.61. The molecule has 1 spiro atoms. The second-order valence-electron chi connectivity index (χ2n) is 6.02. The third-order valence-electron chi connectivity index (χ3n) is 3.75. The standard InChI is InChI=1S/C15H19NO3S/c1-14(2)18-10-15(11-19-14)8-16(9-15)13(17)6-5-12-4-3-7-20-12/h3-7H,8-11H2,1-2H3/b6-5+. The molecule has 2 saturated heterocycles. The van der Waals surface area contributed by atoms with Crippen molar-refractivity contribution >= 4 is 23.3 Å². The minimum atomic E-state index is -0.491. The van der Waals surface area contributed by atoms with Crippen LogP contribution in [-0.2, 0) is 14.3 Å². The number of thiophene rings is 1. The van der Waals surface area contributed by atoms with Crippen molar-refractivity contribution in [3.8, 4) is 0 Å². The first-order chi connectivity index (χ1) is 9.48. The number of carbonyl (C=O) groups is 1. The maximum atomic E-state index is 12.0. The van der Waals surface area contributed by atoms with Gasteiger partial charge in [0, 0.05) is 24.0 Å². The van der Waals surface area contributed by atoms with Gasteiger partial charge in [0.2, 0.25) is 5.91 Å². The lowest BCUT2D eigenvalue weighted by atomic mass is 9.80. The van der Waals surface area contributed by atoms with Gasteiger partial charge in [-0.1, -0.05) is 6.07 Å². The van der Waals surface area contributed by atoms with Crippen molar-refractivity contribution in [3.05, 3.63) is 28.5 Å². The van der Waals surface area contributed by atoms with Gasteiger partial charge in [0.25, 0.3) is 0 Å². The lowest BCUT2D eigenvalue weighted by Crippen LogP contribution is -2.65. The third kappa shape index (κ3) is 2.80. The van der Waals surface area contributed by atoms with E-state index < -0.39 is 5.79 Å². The number of likely N-dealkylation sites (tertiary alicyclic amines) is 1. The summed E-state index contributed by atoms with van der Waals surface area (Å²) in [5.74, 6) is -0.428. The van der Waals surface area contributed by atoms with Gasteiger partial charge in [0.1, 0.15) is 0 Å². The highest BCUT2D eigenvalue weighted by Crippen LogP contribution is 2.37. The molecule has 0 N–H and O–H groups in total. The molecular weight excluding hydrogens is 274 g/mol. The highest BCUT2D eigenvalue weighted by Gasteiger charge is 2.49. The Morgan fingerprint density at radius 2 is 2.05 bits per heavy atom. The molecule has 0 aromatic carbocycles. The molecule has 0 atom stereocenters. The Labute approximate surface area is 123 Å². The van der Waals surface area contributed by atoms with Gasteiger partial charge in [-0.05, 0) is 31.4 Å². The van der Waals surface area contributed by atoms with E-state index in [2.05, 4.69) is 0 Å². The summed E-state index contributed by atoms with van der Waals surface area (Å²) in [5, 5.41) is 2.00. The summed E-state index contributed by atoms with van der Waals surface area (Å²) in [6, 6.07) is 3.98. The Morgan fingerprint density at radius 1 is 1.35 bits per heavy atom. The van der Waals surface area contributed by atoms with Gasteiger partial charge in [0.05, 0.1) is 18.6 Å². The van der Waals surface area contributed by atoms with Crippen molar-refractivity contribution in [1.82, 2.24) is 4.90 Å². The zero-order valence-electron chi connectivity index (χ0n) is 11.8. The van der Waals surface area contributed by atoms with Gasteiger partial charge < -0.3 is 14.4 Å². The van der Waals surface area contributed by atoms with Crippen LogP contribution in [0.3, 0.4) is 0 Å². The zero-order chi connectivity index (χ0) is 14.2. The molecule has 0 saturated carbocycles. The molecule has 5 heteroatoms. The first kappa shape index (κ1) is 13.8. The molecule has 3 heterocycles.